The van der Waals surface area contributed by atoms with Gasteiger partial charge in [0.2, 0.25) is 0 Å². The fraction of sp³-hybridized carbons (Fsp3) is 0.889. The maximum Gasteiger partial charge on any atom is 0.407 e. The second-order valence-electron chi connectivity index (χ2n) is 3.89. The van der Waals surface area contributed by atoms with Crippen molar-refractivity contribution in [2.45, 2.75) is 32.8 Å². The highest BCUT2D eigenvalue weighted by Gasteiger charge is 2.15. The average Bonchev–Trinajstić information content (AvgIpc) is 1.94. The Hall–Kier alpha value is -0.770. The molecule has 0 saturated carbocycles. The summed E-state index contributed by atoms with van der Waals surface area (Å²) in [5.74, 6) is 0. The number of hydrogen-bond donors (Lipinski definition) is 2. The van der Waals surface area contributed by atoms with E-state index < -0.39 is 5.60 Å². The third kappa shape index (κ3) is 9.14. The zero-order valence-corrected chi connectivity index (χ0v) is 8.94. The van der Waals surface area contributed by atoms with Crippen LogP contribution in [0.2, 0.25) is 0 Å². The molecule has 82 valence electrons. The minimum Gasteiger partial charge on any atom is -0.444 e. The summed E-state index contributed by atoms with van der Waals surface area (Å²) in [7, 11) is 1.88. The van der Waals surface area contributed by atoms with Gasteiger partial charge in [0.25, 0.3) is 0 Å². The summed E-state index contributed by atoms with van der Waals surface area (Å²) in [5, 5.41) is 5.67. The number of hydrogen-bond acceptors (Lipinski definition) is 3. The van der Waals surface area contributed by atoms with Gasteiger partial charge in [0.1, 0.15) is 5.60 Å². The van der Waals surface area contributed by atoms with Crippen LogP contribution >= 0.6 is 0 Å². The first-order valence-electron chi connectivity index (χ1n) is 4.57. The van der Waals surface area contributed by atoms with Gasteiger partial charge in [0.15, 0.2) is 0 Å². The number of rotatable bonds is 4. The molecule has 0 radical (unpaired) electrons. The number of carbonyl (C=O) groups excluding carboxylic acids is 1. The second-order valence-corrected chi connectivity index (χ2v) is 3.89. The van der Waals surface area contributed by atoms with Crippen molar-refractivity contribution >= 4 is 6.09 Å². The van der Waals surface area contributed by atoms with Gasteiger partial charge in [-0.25, -0.2) is 4.79 Å². The summed E-state index contributed by atoms with van der Waals surface area (Å²) in [4.78, 5) is 11.1. The molecule has 0 aliphatic rings. The van der Waals surface area contributed by atoms with Gasteiger partial charge >= 0.3 is 6.09 Å². The van der Waals surface area contributed by atoms with Crippen LogP contribution in [0.5, 0.6) is 0 Å². The van der Waals surface area contributed by atoms with Crippen LogP contribution in [0, 0.1) is 0 Å². The van der Waals surface area contributed by atoms with E-state index in [1.54, 1.807) is 0 Å². The van der Waals surface area contributed by atoms with Crippen molar-refractivity contribution in [3.63, 3.8) is 0 Å². The molecule has 0 saturated heterocycles. The molecule has 0 aromatic rings. The predicted molar refractivity (Wildman–Crippen MR) is 57.0 cm³/mol. The summed E-state index contributed by atoms with van der Waals surface area (Å²) in [6.45, 7) is 7.09. The zero-order valence-electron chi connectivity index (χ0n) is 8.94. The van der Waals surface area contributed by atoms with Gasteiger partial charge < -0.3 is 15.4 Å². The SMILES string of the molecule is CNCCCNC(=O)OC(C)(C)C.[HH].[HH]. The van der Waals surface area contributed by atoms with Crippen LogP contribution in [0.4, 0.5) is 4.79 Å². The Kier molecular flexibility index (Phi) is 5.46. The lowest BCUT2D eigenvalue weighted by Gasteiger charge is -2.19. The molecule has 0 aromatic carbocycles. The molecule has 0 heterocycles. The lowest BCUT2D eigenvalue weighted by atomic mass is 10.2. The molecule has 4 heteroatoms. The molecule has 0 unspecified atom stereocenters. The average molecular weight is 192 g/mol. The van der Waals surface area contributed by atoms with E-state index in [9.17, 15) is 4.79 Å². The fourth-order valence-electron chi connectivity index (χ4n) is 0.770. The highest BCUT2D eigenvalue weighted by Crippen LogP contribution is 2.05. The van der Waals surface area contributed by atoms with E-state index in [4.69, 9.17) is 4.74 Å². The molecule has 0 aliphatic carbocycles. The molecule has 4 nitrogen and oxygen atoms in total. The standard InChI is InChI=1S/C9H20N2O2.2H2/c1-9(2,3)13-8(12)11-7-5-6-10-4;;/h10H,5-7H2,1-4H3,(H,11,12);2*1H. The van der Waals surface area contributed by atoms with Crippen molar-refractivity contribution in [1.82, 2.24) is 10.6 Å². The maximum absolute atomic E-state index is 11.1. The maximum atomic E-state index is 11.1. The van der Waals surface area contributed by atoms with Crippen molar-refractivity contribution in [3.05, 3.63) is 0 Å². The monoisotopic (exact) mass is 192 g/mol. The molecular weight excluding hydrogens is 168 g/mol. The Labute approximate surface area is 83.0 Å². The van der Waals surface area contributed by atoms with Crippen molar-refractivity contribution in [2.24, 2.45) is 0 Å². The van der Waals surface area contributed by atoms with Gasteiger partial charge in [0, 0.05) is 9.40 Å². The number of nitrogens with one attached hydrogen (secondary N) is 2. The first-order valence-corrected chi connectivity index (χ1v) is 4.57. The van der Waals surface area contributed by atoms with Gasteiger partial charge in [-0.2, -0.15) is 0 Å². The molecule has 0 bridgehead atoms. The predicted octanol–water partition coefficient (Wildman–Crippen LogP) is 1.61. The molecular formula is C9H24N2O2. The van der Waals surface area contributed by atoms with Gasteiger partial charge in [-0.3, -0.25) is 0 Å². The van der Waals surface area contributed by atoms with Crippen LogP contribution in [0.25, 0.3) is 0 Å². The van der Waals surface area contributed by atoms with Crippen molar-refractivity contribution < 1.29 is 12.4 Å². The van der Waals surface area contributed by atoms with Crippen LogP contribution in [0.1, 0.15) is 30.0 Å². The first-order chi connectivity index (χ1) is 5.95. The van der Waals surface area contributed by atoms with E-state index in [2.05, 4.69) is 10.6 Å². The van der Waals surface area contributed by atoms with Crippen molar-refractivity contribution in [1.29, 1.82) is 0 Å². The Bertz CT molecular complexity index is 161. The molecule has 2 N–H and O–H groups in total. The molecule has 0 rings (SSSR count). The van der Waals surface area contributed by atoms with Crippen molar-refractivity contribution in [2.75, 3.05) is 20.1 Å². The summed E-state index contributed by atoms with van der Waals surface area (Å²) in [6, 6.07) is 0. The van der Waals surface area contributed by atoms with Gasteiger partial charge in [-0.1, -0.05) is 0 Å². The molecule has 0 aromatic heterocycles. The number of alkyl carbamates (subject to hydrolysis) is 1. The Morgan fingerprint density at radius 3 is 2.46 bits per heavy atom. The zero-order chi connectivity index (χ0) is 10.3. The largest absolute Gasteiger partial charge is 0.444 e. The van der Waals surface area contributed by atoms with Crippen LogP contribution < -0.4 is 10.6 Å². The first kappa shape index (κ1) is 12.2. The quantitative estimate of drug-likeness (QED) is 0.665. The minimum atomic E-state index is -0.410. The van der Waals surface area contributed by atoms with E-state index in [-0.39, 0.29) is 8.95 Å². The third-order valence-electron chi connectivity index (χ3n) is 1.27. The minimum absolute atomic E-state index is 0. The number of ether oxygens (including phenoxy) is 1. The molecule has 0 atom stereocenters. The van der Waals surface area contributed by atoms with Crippen LogP contribution in [-0.4, -0.2) is 31.8 Å². The van der Waals surface area contributed by atoms with Gasteiger partial charge in [-0.15, -0.1) is 0 Å². The number of amides is 1. The van der Waals surface area contributed by atoms with E-state index in [0.29, 0.717) is 6.54 Å². The summed E-state index contributed by atoms with van der Waals surface area (Å²) >= 11 is 0. The Morgan fingerprint density at radius 2 is 2.00 bits per heavy atom. The van der Waals surface area contributed by atoms with Crippen LogP contribution in [0.15, 0.2) is 0 Å². The van der Waals surface area contributed by atoms with Crippen LogP contribution in [0.3, 0.4) is 0 Å². The highest BCUT2D eigenvalue weighted by molar-refractivity contribution is 5.67. The van der Waals surface area contributed by atoms with E-state index >= 15 is 0 Å². The van der Waals surface area contributed by atoms with E-state index in [0.717, 1.165) is 13.0 Å². The molecule has 13 heavy (non-hydrogen) atoms. The third-order valence-corrected chi connectivity index (χ3v) is 1.27. The number of carbonyl (C=O) groups is 1. The molecule has 0 aliphatic heterocycles. The van der Waals surface area contributed by atoms with E-state index in [1.165, 1.54) is 0 Å². The van der Waals surface area contributed by atoms with Gasteiger partial charge in [0.05, 0.1) is 0 Å². The normalized spacial score (nSPS) is 11.1. The molecule has 0 fully saturated rings. The topological polar surface area (TPSA) is 50.4 Å². The summed E-state index contributed by atoms with van der Waals surface area (Å²) in [6.07, 6.45) is 0.569. The lowest BCUT2D eigenvalue weighted by Crippen LogP contribution is -2.33. The van der Waals surface area contributed by atoms with Crippen molar-refractivity contribution in [3.8, 4) is 0 Å². The van der Waals surface area contributed by atoms with Crippen LogP contribution in [-0.2, 0) is 4.74 Å². The second kappa shape index (κ2) is 5.80. The fourth-order valence-corrected chi connectivity index (χ4v) is 0.770. The van der Waals surface area contributed by atoms with Gasteiger partial charge in [-0.05, 0) is 40.8 Å². The van der Waals surface area contributed by atoms with E-state index in [1.807, 2.05) is 27.8 Å². The molecule has 0 spiro atoms. The highest BCUT2D eigenvalue weighted by atomic mass is 16.6. The lowest BCUT2D eigenvalue weighted by molar-refractivity contribution is 0.0527. The Balaban J connectivity index is -0.000000720. The smallest absolute Gasteiger partial charge is 0.407 e. The Morgan fingerprint density at radius 1 is 1.38 bits per heavy atom. The molecule has 1 amide bonds. The summed E-state index contributed by atoms with van der Waals surface area (Å²) in [5.41, 5.74) is -0.410. The summed E-state index contributed by atoms with van der Waals surface area (Å²) < 4.78 is 5.05.